The van der Waals surface area contributed by atoms with Crippen LogP contribution >= 0.6 is 0 Å². The zero-order valence-corrected chi connectivity index (χ0v) is 10.2. The van der Waals surface area contributed by atoms with E-state index in [-0.39, 0.29) is 11.9 Å². The summed E-state index contributed by atoms with van der Waals surface area (Å²) in [6.45, 7) is 6.06. The summed E-state index contributed by atoms with van der Waals surface area (Å²) < 4.78 is 0. The van der Waals surface area contributed by atoms with Crippen LogP contribution in [0.5, 0.6) is 0 Å². The molecule has 0 saturated carbocycles. The Morgan fingerprint density at radius 1 is 1.50 bits per heavy atom. The predicted octanol–water partition coefficient (Wildman–Crippen LogP) is 2.50. The molecule has 1 aromatic carbocycles. The topological polar surface area (TPSA) is 55.1 Å². The average molecular weight is 220 g/mol. The number of hydrogen-bond donors (Lipinski definition) is 2. The van der Waals surface area contributed by atoms with E-state index >= 15 is 0 Å². The van der Waals surface area contributed by atoms with E-state index < -0.39 is 0 Å². The van der Waals surface area contributed by atoms with Crippen LogP contribution in [0.2, 0.25) is 0 Å². The van der Waals surface area contributed by atoms with Gasteiger partial charge in [0.2, 0.25) is 0 Å². The highest BCUT2D eigenvalue weighted by Gasteiger charge is 2.11. The van der Waals surface area contributed by atoms with Crippen LogP contribution in [0.25, 0.3) is 0 Å². The minimum absolute atomic E-state index is 0.0813. The van der Waals surface area contributed by atoms with E-state index in [2.05, 4.69) is 12.2 Å². The number of carbonyl (C=O) groups excluding carboxylic acids is 1. The minimum Gasteiger partial charge on any atom is -0.398 e. The predicted molar refractivity (Wildman–Crippen MR) is 67.4 cm³/mol. The molecule has 1 rings (SSSR count). The molecule has 88 valence electrons. The van der Waals surface area contributed by atoms with Crippen LogP contribution in [0.1, 0.15) is 42.6 Å². The fourth-order valence-corrected chi connectivity index (χ4v) is 1.67. The first-order valence-corrected chi connectivity index (χ1v) is 5.71. The van der Waals surface area contributed by atoms with Crippen molar-refractivity contribution in [2.24, 2.45) is 0 Å². The molecule has 0 heterocycles. The molecule has 1 aromatic rings. The largest absolute Gasteiger partial charge is 0.398 e. The van der Waals surface area contributed by atoms with Crippen molar-refractivity contribution < 1.29 is 4.79 Å². The standard InChI is InChI=1S/C13H20N2O/c1-4-5-10(3)15-13(16)11-8-9(2)6-7-12(11)14/h6-8,10H,4-5,14H2,1-3H3,(H,15,16). The molecule has 16 heavy (non-hydrogen) atoms. The molecule has 0 spiro atoms. The molecule has 0 bridgehead atoms. The second kappa shape index (κ2) is 5.54. The van der Waals surface area contributed by atoms with E-state index in [9.17, 15) is 4.79 Å². The Bertz CT molecular complexity index is 374. The SMILES string of the molecule is CCCC(C)NC(=O)c1cc(C)ccc1N. The second-order valence-corrected chi connectivity index (χ2v) is 4.25. The molecule has 1 unspecified atom stereocenters. The summed E-state index contributed by atoms with van der Waals surface area (Å²) in [6.07, 6.45) is 2.04. The summed E-state index contributed by atoms with van der Waals surface area (Å²) in [5.41, 5.74) is 7.93. The molecule has 1 atom stereocenters. The van der Waals surface area contributed by atoms with Crippen molar-refractivity contribution in [3.8, 4) is 0 Å². The highest BCUT2D eigenvalue weighted by atomic mass is 16.1. The Kier molecular flexibility index (Phi) is 4.35. The van der Waals surface area contributed by atoms with E-state index in [1.165, 1.54) is 0 Å². The smallest absolute Gasteiger partial charge is 0.253 e. The molecule has 3 heteroatoms. The third-order valence-corrected chi connectivity index (χ3v) is 2.55. The lowest BCUT2D eigenvalue weighted by Crippen LogP contribution is -2.32. The molecule has 3 nitrogen and oxygen atoms in total. The highest BCUT2D eigenvalue weighted by Crippen LogP contribution is 2.13. The number of benzene rings is 1. The first-order valence-electron chi connectivity index (χ1n) is 5.71. The monoisotopic (exact) mass is 220 g/mol. The number of anilines is 1. The maximum Gasteiger partial charge on any atom is 0.253 e. The lowest BCUT2D eigenvalue weighted by atomic mass is 10.1. The Morgan fingerprint density at radius 3 is 2.81 bits per heavy atom. The van der Waals surface area contributed by atoms with Gasteiger partial charge in [-0.25, -0.2) is 0 Å². The Morgan fingerprint density at radius 2 is 2.19 bits per heavy atom. The summed E-state index contributed by atoms with van der Waals surface area (Å²) in [7, 11) is 0. The van der Waals surface area contributed by atoms with Crippen LogP contribution in [0, 0.1) is 6.92 Å². The molecule has 0 radical (unpaired) electrons. The fourth-order valence-electron chi connectivity index (χ4n) is 1.67. The number of rotatable bonds is 4. The molecular weight excluding hydrogens is 200 g/mol. The number of hydrogen-bond acceptors (Lipinski definition) is 2. The fraction of sp³-hybridized carbons (Fsp3) is 0.462. The Balaban J connectivity index is 2.76. The second-order valence-electron chi connectivity index (χ2n) is 4.25. The van der Waals surface area contributed by atoms with Gasteiger partial charge in [0.05, 0.1) is 5.56 Å². The van der Waals surface area contributed by atoms with Crippen LogP contribution in [0.3, 0.4) is 0 Å². The van der Waals surface area contributed by atoms with E-state index in [1.807, 2.05) is 26.0 Å². The molecule has 0 aliphatic carbocycles. The molecule has 0 fully saturated rings. The number of amides is 1. The molecule has 3 N–H and O–H groups in total. The first kappa shape index (κ1) is 12.6. The van der Waals surface area contributed by atoms with Gasteiger partial charge in [0, 0.05) is 11.7 Å². The lowest BCUT2D eigenvalue weighted by Gasteiger charge is -2.14. The maximum atomic E-state index is 11.9. The van der Waals surface area contributed by atoms with Gasteiger partial charge in [-0.3, -0.25) is 4.79 Å². The van der Waals surface area contributed by atoms with Crippen LogP contribution in [-0.4, -0.2) is 11.9 Å². The van der Waals surface area contributed by atoms with Crippen molar-refractivity contribution in [2.75, 3.05) is 5.73 Å². The zero-order valence-electron chi connectivity index (χ0n) is 10.2. The number of aryl methyl sites for hydroxylation is 1. The van der Waals surface area contributed by atoms with Gasteiger partial charge in [-0.05, 0) is 32.4 Å². The summed E-state index contributed by atoms with van der Waals surface area (Å²) in [5, 5.41) is 2.95. The van der Waals surface area contributed by atoms with Crippen LogP contribution in [0.4, 0.5) is 5.69 Å². The van der Waals surface area contributed by atoms with Gasteiger partial charge in [-0.1, -0.05) is 25.0 Å². The summed E-state index contributed by atoms with van der Waals surface area (Å²) in [6, 6.07) is 5.69. The van der Waals surface area contributed by atoms with Gasteiger partial charge in [-0.15, -0.1) is 0 Å². The summed E-state index contributed by atoms with van der Waals surface area (Å²) >= 11 is 0. The van der Waals surface area contributed by atoms with Crippen molar-refractivity contribution in [3.05, 3.63) is 29.3 Å². The first-order chi connectivity index (χ1) is 7.54. The van der Waals surface area contributed by atoms with E-state index in [1.54, 1.807) is 6.07 Å². The molecule has 1 amide bonds. The van der Waals surface area contributed by atoms with Crippen LogP contribution in [-0.2, 0) is 0 Å². The number of carbonyl (C=O) groups is 1. The molecule has 0 aliphatic rings. The van der Waals surface area contributed by atoms with Gasteiger partial charge >= 0.3 is 0 Å². The van der Waals surface area contributed by atoms with Gasteiger partial charge in [0.15, 0.2) is 0 Å². The third kappa shape index (κ3) is 3.26. The van der Waals surface area contributed by atoms with Gasteiger partial charge < -0.3 is 11.1 Å². The van der Waals surface area contributed by atoms with E-state index in [0.29, 0.717) is 11.3 Å². The van der Waals surface area contributed by atoms with Crippen molar-refractivity contribution in [3.63, 3.8) is 0 Å². The minimum atomic E-state index is -0.0813. The molecule has 0 saturated heterocycles. The molecule has 0 aliphatic heterocycles. The number of nitrogen functional groups attached to an aromatic ring is 1. The number of nitrogens with one attached hydrogen (secondary N) is 1. The average Bonchev–Trinajstić information content (AvgIpc) is 2.21. The van der Waals surface area contributed by atoms with Gasteiger partial charge in [-0.2, -0.15) is 0 Å². The molecule has 0 aromatic heterocycles. The lowest BCUT2D eigenvalue weighted by molar-refractivity contribution is 0.0939. The van der Waals surface area contributed by atoms with Crippen LogP contribution < -0.4 is 11.1 Å². The highest BCUT2D eigenvalue weighted by molar-refractivity contribution is 5.99. The van der Waals surface area contributed by atoms with Crippen molar-refractivity contribution in [1.82, 2.24) is 5.32 Å². The Hall–Kier alpha value is -1.51. The third-order valence-electron chi connectivity index (χ3n) is 2.55. The maximum absolute atomic E-state index is 11.9. The summed E-state index contributed by atoms with van der Waals surface area (Å²) in [5.74, 6) is -0.0813. The summed E-state index contributed by atoms with van der Waals surface area (Å²) in [4.78, 5) is 11.9. The zero-order chi connectivity index (χ0) is 12.1. The number of nitrogens with two attached hydrogens (primary N) is 1. The van der Waals surface area contributed by atoms with Crippen molar-refractivity contribution >= 4 is 11.6 Å². The van der Waals surface area contributed by atoms with Gasteiger partial charge in [0.25, 0.3) is 5.91 Å². The normalized spacial score (nSPS) is 12.2. The molecular formula is C13H20N2O. The van der Waals surface area contributed by atoms with E-state index in [4.69, 9.17) is 5.73 Å². The van der Waals surface area contributed by atoms with Gasteiger partial charge in [0.1, 0.15) is 0 Å². The quantitative estimate of drug-likeness (QED) is 0.766. The van der Waals surface area contributed by atoms with E-state index in [0.717, 1.165) is 18.4 Å². The van der Waals surface area contributed by atoms with Crippen molar-refractivity contribution in [1.29, 1.82) is 0 Å². The van der Waals surface area contributed by atoms with Crippen molar-refractivity contribution in [2.45, 2.75) is 39.7 Å². The Labute approximate surface area is 97.0 Å². The van der Waals surface area contributed by atoms with Crippen LogP contribution in [0.15, 0.2) is 18.2 Å².